The molecule has 0 bridgehead atoms. The molecule has 28 heavy (non-hydrogen) atoms. The lowest BCUT2D eigenvalue weighted by Crippen LogP contribution is -2.56. The summed E-state index contributed by atoms with van der Waals surface area (Å²) in [5.41, 5.74) is 4.61. The maximum absolute atomic E-state index is 3.26. The number of nitrogens with one attached hydrogen (secondary N) is 1. The molecular formula is C24H52N4. The van der Waals surface area contributed by atoms with Gasteiger partial charge in [0.05, 0.1) is 0 Å². The van der Waals surface area contributed by atoms with Crippen LogP contribution in [0.25, 0.3) is 0 Å². The first-order valence-electron chi connectivity index (χ1n) is 12.3. The van der Waals surface area contributed by atoms with Gasteiger partial charge in [0.1, 0.15) is 0 Å². The van der Waals surface area contributed by atoms with Crippen LogP contribution >= 0.6 is 0 Å². The molecule has 1 saturated carbocycles. The highest BCUT2D eigenvalue weighted by Gasteiger charge is 2.46. The van der Waals surface area contributed by atoms with E-state index in [1.165, 1.54) is 97.3 Å². The van der Waals surface area contributed by atoms with Crippen molar-refractivity contribution < 1.29 is 0 Å². The molecule has 2 heterocycles. The van der Waals surface area contributed by atoms with E-state index in [0.29, 0.717) is 5.41 Å². The van der Waals surface area contributed by atoms with Gasteiger partial charge >= 0.3 is 0 Å². The van der Waals surface area contributed by atoms with Crippen molar-refractivity contribution in [2.24, 2.45) is 10.8 Å². The minimum atomic E-state index is 0.620. The van der Waals surface area contributed by atoms with Gasteiger partial charge in [-0.15, -0.1) is 0 Å². The van der Waals surface area contributed by atoms with E-state index in [-0.39, 0.29) is 0 Å². The Morgan fingerprint density at radius 2 is 1.43 bits per heavy atom. The molecule has 0 atom stereocenters. The fourth-order valence-electron chi connectivity index (χ4n) is 4.66. The van der Waals surface area contributed by atoms with Crippen molar-refractivity contribution in [1.82, 2.24) is 20.2 Å². The standard InChI is InChI=1S/C19H38N4.C3H8.C2H6/c1-4-19(8-9-19)17-22-15-18(2,16-22)7-5-6-10-21-11-13-23(20-3)14-12-21;1-3-2;1-2/h20H,4-17H2,1-3H3;3H2,1-2H3;1-2H3. The molecule has 0 spiro atoms. The van der Waals surface area contributed by atoms with E-state index in [1.54, 1.807) is 0 Å². The minimum absolute atomic E-state index is 0.620. The topological polar surface area (TPSA) is 21.8 Å². The number of likely N-dealkylation sites (tertiary alicyclic amines) is 1. The Bertz CT molecular complexity index is 380. The highest BCUT2D eigenvalue weighted by molar-refractivity contribution is 4.99. The number of nitrogens with zero attached hydrogens (tertiary/aromatic N) is 3. The normalized spacial score (nSPS) is 23.7. The van der Waals surface area contributed by atoms with Crippen LogP contribution in [-0.4, -0.2) is 74.2 Å². The third-order valence-corrected chi connectivity index (χ3v) is 6.67. The molecular weight excluding hydrogens is 344 g/mol. The average Bonchev–Trinajstić information content (AvgIpc) is 3.47. The molecule has 0 aromatic rings. The van der Waals surface area contributed by atoms with Gasteiger partial charge in [0.25, 0.3) is 0 Å². The summed E-state index contributed by atoms with van der Waals surface area (Å²) in [5.74, 6) is 0. The van der Waals surface area contributed by atoms with Crippen LogP contribution in [0.1, 0.15) is 86.5 Å². The van der Waals surface area contributed by atoms with Crippen molar-refractivity contribution in [1.29, 1.82) is 0 Å². The van der Waals surface area contributed by atoms with E-state index < -0.39 is 0 Å². The van der Waals surface area contributed by atoms with E-state index in [1.807, 2.05) is 20.9 Å². The van der Waals surface area contributed by atoms with Gasteiger partial charge in [-0.05, 0) is 56.5 Å². The molecule has 3 rings (SSSR count). The summed E-state index contributed by atoms with van der Waals surface area (Å²) in [6.45, 7) is 23.3. The summed E-state index contributed by atoms with van der Waals surface area (Å²) in [6, 6.07) is 0. The van der Waals surface area contributed by atoms with Crippen LogP contribution in [0.15, 0.2) is 0 Å². The molecule has 1 aliphatic carbocycles. The van der Waals surface area contributed by atoms with E-state index in [0.717, 1.165) is 5.41 Å². The molecule has 0 aromatic heterocycles. The van der Waals surface area contributed by atoms with Crippen molar-refractivity contribution in [2.45, 2.75) is 86.5 Å². The third-order valence-electron chi connectivity index (χ3n) is 6.67. The molecule has 0 aromatic carbocycles. The SMILES string of the molecule is CC.CCC.CCC1(CN2CC(C)(CCCCN3CCN(NC)CC3)C2)CC1. The first-order valence-corrected chi connectivity index (χ1v) is 12.3. The largest absolute Gasteiger partial charge is 0.302 e. The lowest BCUT2D eigenvalue weighted by Gasteiger charge is -2.50. The number of hydrogen-bond donors (Lipinski definition) is 1. The number of piperazine rings is 1. The molecule has 0 radical (unpaired) electrons. The number of hydrazine groups is 1. The summed E-state index contributed by atoms with van der Waals surface area (Å²) in [4.78, 5) is 5.37. The second-order valence-corrected chi connectivity index (χ2v) is 9.53. The molecule has 2 saturated heterocycles. The van der Waals surface area contributed by atoms with Crippen LogP contribution in [0, 0.1) is 10.8 Å². The van der Waals surface area contributed by atoms with Gasteiger partial charge in [-0.2, -0.15) is 0 Å². The highest BCUT2D eigenvalue weighted by atomic mass is 15.5. The van der Waals surface area contributed by atoms with Crippen LogP contribution in [0.4, 0.5) is 0 Å². The quantitative estimate of drug-likeness (QED) is 0.562. The van der Waals surface area contributed by atoms with Crippen LogP contribution in [0.2, 0.25) is 0 Å². The average molecular weight is 397 g/mol. The second-order valence-electron chi connectivity index (χ2n) is 9.53. The van der Waals surface area contributed by atoms with Crippen molar-refractivity contribution >= 4 is 0 Å². The molecule has 168 valence electrons. The highest BCUT2D eigenvalue weighted by Crippen LogP contribution is 2.51. The molecule has 1 N–H and O–H groups in total. The lowest BCUT2D eigenvalue weighted by molar-refractivity contribution is -0.00838. The first kappa shape index (κ1) is 25.9. The number of rotatable bonds is 9. The minimum Gasteiger partial charge on any atom is -0.302 e. The molecule has 3 aliphatic rings. The van der Waals surface area contributed by atoms with Gasteiger partial charge in [0, 0.05) is 45.8 Å². The van der Waals surface area contributed by atoms with Gasteiger partial charge in [-0.3, -0.25) is 5.43 Å². The summed E-state index contributed by atoms with van der Waals surface area (Å²) < 4.78 is 0. The van der Waals surface area contributed by atoms with Gasteiger partial charge in [0.2, 0.25) is 0 Å². The fourth-order valence-corrected chi connectivity index (χ4v) is 4.66. The third kappa shape index (κ3) is 8.69. The predicted molar refractivity (Wildman–Crippen MR) is 125 cm³/mol. The van der Waals surface area contributed by atoms with Crippen molar-refractivity contribution in [3.63, 3.8) is 0 Å². The van der Waals surface area contributed by atoms with Crippen molar-refractivity contribution in [3.8, 4) is 0 Å². The Hall–Kier alpha value is -0.160. The Morgan fingerprint density at radius 3 is 1.89 bits per heavy atom. The lowest BCUT2D eigenvalue weighted by atomic mass is 9.77. The zero-order valence-corrected chi connectivity index (χ0v) is 20.4. The van der Waals surface area contributed by atoms with E-state index >= 15 is 0 Å². The van der Waals surface area contributed by atoms with Crippen molar-refractivity contribution in [2.75, 3.05) is 59.4 Å². The van der Waals surface area contributed by atoms with Gasteiger partial charge < -0.3 is 9.80 Å². The van der Waals surface area contributed by atoms with Crippen LogP contribution in [0.5, 0.6) is 0 Å². The zero-order chi connectivity index (χ0) is 21.0. The van der Waals surface area contributed by atoms with Gasteiger partial charge in [-0.25, -0.2) is 5.01 Å². The Balaban J connectivity index is 0.000000717. The first-order chi connectivity index (χ1) is 13.5. The summed E-state index contributed by atoms with van der Waals surface area (Å²) >= 11 is 0. The summed E-state index contributed by atoms with van der Waals surface area (Å²) in [5, 5.41) is 2.32. The summed E-state index contributed by atoms with van der Waals surface area (Å²) in [7, 11) is 2.03. The number of unbranched alkanes of at least 4 members (excludes halogenated alkanes) is 1. The van der Waals surface area contributed by atoms with Crippen LogP contribution in [-0.2, 0) is 0 Å². The molecule has 0 unspecified atom stereocenters. The number of hydrogen-bond acceptors (Lipinski definition) is 4. The van der Waals surface area contributed by atoms with E-state index in [2.05, 4.69) is 47.9 Å². The van der Waals surface area contributed by atoms with Gasteiger partial charge in [0.15, 0.2) is 0 Å². The maximum Gasteiger partial charge on any atom is 0.0259 e. The van der Waals surface area contributed by atoms with E-state index in [9.17, 15) is 0 Å². The second kappa shape index (κ2) is 13.2. The smallest absolute Gasteiger partial charge is 0.0259 e. The van der Waals surface area contributed by atoms with Crippen LogP contribution in [0.3, 0.4) is 0 Å². The molecule has 0 amide bonds. The maximum atomic E-state index is 3.26. The van der Waals surface area contributed by atoms with Crippen LogP contribution < -0.4 is 5.43 Å². The Morgan fingerprint density at radius 1 is 0.857 bits per heavy atom. The fraction of sp³-hybridized carbons (Fsp3) is 1.00. The molecule has 4 heteroatoms. The monoisotopic (exact) mass is 396 g/mol. The molecule has 2 aliphatic heterocycles. The molecule has 4 nitrogen and oxygen atoms in total. The zero-order valence-electron chi connectivity index (χ0n) is 20.4. The Labute approximate surface area is 177 Å². The van der Waals surface area contributed by atoms with E-state index in [4.69, 9.17) is 0 Å². The Kier molecular flexibility index (Phi) is 12.2. The molecule has 3 fully saturated rings. The van der Waals surface area contributed by atoms with Crippen molar-refractivity contribution in [3.05, 3.63) is 0 Å². The predicted octanol–water partition coefficient (Wildman–Crippen LogP) is 4.86. The summed E-state index contributed by atoms with van der Waals surface area (Å²) in [6.07, 6.45) is 9.83. The van der Waals surface area contributed by atoms with Gasteiger partial charge in [-0.1, -0.05) is 54.4 Å².